The van der Waals surface area contributed by atoms with E-state index in [4.69, 9.17) is 4.74 Å². The van der Waals surface area contributed by atoms with Gasteiger partial charge in [0.1, 0.15) is 17.4 Å². The number of carbonyl (C=O) groups is 2. The van der Waals surface area contributed by atoms with E-state index in [1.54, 1.807) is 12.2 Å². The number of fused-ring (bicyclic) bond motifs is 1. The molecular weight excluding hydrogens is 450 g/mol. The van der Waals surface area contributed by atoms with Gasteiger partial charge in [0.05, 0.1) is 30.3 Å². The fourth-order valence-corrected chi connectivity index (χ4v) is 3.57. The molecule has 1 aromatic rings. The van der Waals surface area contributed by atoms with E-state index in [0.717, 1.165) is 21.9 Å². The van der Waals surface area contributed by atoms with E-state index in [0.29, 0.717) is 23.7 Å². The number of hydrogen-bond donors (Lipinski definition) is 1. The summed E-state index contributed by atoms with van der Waals surface area (Å²) in [6.07, 6.45) is 3.50. The van der Waals surface area contributed by atoms with Crippen molar-refractivity contribution in [3.05, 3.63) is 58.8 Å². The minimum absolute atomic E-state index is 0.132. The van der Waals surface area contributed by atoms with Crippen LogP contribution in [0.1, 0.15) is 20.8 Å². The summed E-state index contributed by atoms with van der Waals surface area (Å²) in [7, 11) is 0. The van der Waals surface area contributed by atoms with E-state index in [9.17, 15) is 20.0 Å². The highest BCUT2D eigenvalue weighted by molar-refractivity contribution is 6.50. The van der Waals surface area contributed by atoms with Crippen LogP contribution in [0.2, 0.25) is 0 Å². The number of hydrazone groups is 1. The lowest BCUT2D eigenvalue weighted by Crippen LogP contribution is -2.47. The van der Waals surface area contributed by atoms with Gasteiger partial charge in [-0.15, -0.1) is 10.2 Å². The molecule has 3 aliphatic rings. The van der Waals surface area contributed by atoms with Crippen LogP contribution >= 0.6 is 0 Å². The van der Waals surface area contributed by atoms with Crippen molar-refractivity contribution in [1.82, 2.24) is 4.90 Å². The Kier molecular flexibility index (Phi) is 6.57. The molecule has 4 rings (SSSR count). The molecule has 176 valence electrons. The summed E-state index contributed by atoms with van der Waals surface area (Å²) in [6, 6.07) is 9.19. The number of benzene rings is 1. The molecule has 11 heteroatoms. The van der Waals surface area contributed by atoms with Crippen molar-refractivity contribution >= 4 is 34.6 Å². The Bertz CT molecular complexity index is 1370. The quantitative estimate of drug-likeness (QED) is 0.293. The number of hydrogen-bond acceptors (Lipinski definition) is 9. The number of aliphatic hydroxyl groups is 1. The molecular formula is C24H22N7O4+. The van der Waals surface area contributed by atoms with Crippen molar-refractivity contribution in [2.24, 2.45) is 20.4 Å². The third-order valence-corrected chi connectivity index (χ3v) is 5.41. The van der Waals surface area contributed by atoms with Crippen LogP contribution in [0.25, 0.3) is 0 Å². The molecule has 35 heavy (non-hydrogen) atoms. The molecule has 0 aromatic heterocycles. The van der Waals surface area contributed by atoms with E-state index in [-0.39, 0.29) is 23.4 Å². The Morgan fingerprint density at radius 2 is 1.89 bits per heavy atom. The number of ether oxygens (including phenoxy) is 1. The van der Waals surface area contributed by atoms with Gasteiger partial charge in [-0.2, -0.15) is 5.26 Å². The van der Waals surface area contributed by atoms with Gasteiger partial charge in [0, 0.05) is 34.0 Å². The van der Waals surface area contributed by atoms with Gasteiger partial charge in [-0.05, 0) is 44.6 Å². The van der Waals surface area contributed by atoms with E-state index in [2.05, 4.69) is 20.4 Å². The molecule has 2 aliphatic heterocycles. The molecule has 1 N–H and O–H groups in total. The highest BCUT2D eigenvalue weighted by atomic mass is 16.5. The number of nitrogens with zero attached hydrogens (tertiary/aromatic N) is 7. The largest absolute Gasteiger partial charge is 0.494 e. The highest BCUT2D eigenvalue weighted by Crippen LogP contribution is 2.26. The third-order valence-electron chi connectivity index (χ3n) is 5.41. The second kappa shape index (κ2) is 9.74. The van der Waals surface area contributed by atoms with Crippen molar-refractivity contribution in [3.8, 4) is 11.8 Å². The zero-order valence-electron chi connectivity index (χ0n) is 19.4. The first-order chi connectivity index (χ1) is 16.9. The number of carbonyl (C=O) groups excluding carboxylic acids is 2. The fraction of sp³-hybridized carbons (Fsp3) is 0.250. The van der Waals surface area contributed by atoms with Crippen LogP contribution in [0.5, 0.6) is 5.75 Å². The second-order valence-electron chi connectivity index (χ2n) is 7.69. The fourth-order valence-electron chi connectivity index (χ4n) is 3.57. The number of β-amino-alcohol motifs (C(OH)–C–C–N with tert-alkyl or cyclic N) is 1. The molecule has 11 nitrogen and oxygen atoms in total. The summed E-state index contributed by atoms with van der Waals surface area (Å²) in [5.74, 6) is -0.722. The SMILES string of the molecule is CCOc1ccc([N+]2=NC3=C/C(=N\N=C4C(=O)N(CCO)C(=O)C(C#N)=C4C)C(C)=CC3=N2)cc1. The molecule has 0 atom stereocenters. The van der Waals surface area contributed by atoms with Gasteiger partial charge in [0.15, 0.2) is 17.1 Å². The average molecular weight is 472 g/mol. The predicted octanol–water partition coefficient (Wildman–Crippen LogP) is 2.39. The molecule has 0 fully saturated rings. The van der Waals surface area contributed by atoms with E-state index >= 15 is 0 Å². The van der Waals surface area contributed by atoms with Crippen molar-refractivity contribution in [2.45, 2.75) is 20.8 Å². The van der Waals surface area contributed by atoms with Gasteiger partial charge < -0.3 is 9.84 Å². The lowest BCUT2D eigenvalue weighted by molar-refractivity contribution is -0.509. The third kappa shape index (κ3) is 4.47. The minimum atomic E-state index is -0.758. The number of allylic oxidation sites excluding steroid dienone is 3. The van der Waals surface area contributed by atoms with Crippen LogP contribution in [-0.2, 0) is 9.59 Å². The van der Waals surface area contributed by atoms with Crippen LogP contribution in [0.3, 0.4) is 0 Å². The monoisotopic (exact) mass is 472 g/mol. The smallest absolute Gasteiger partial charge is 0.281 e. The van der Waals surface area contributed by atoms with Crippen LogP contribution in [0.15, 0.2) is 79.3 Å². The molecule has 0 radical (unpaired) electrons. The van der Waals surface area contributed by atoms with Gasteiger partial charge >= 0.3 is 0 Å². The van der Waals surface area contributed by atoms with Gasteiger partial charge in [-0.25, -0.2) is 0 Å². The number of rotatable bonds is 6. The Labute approximate surface area is 201 Å². The molecule has 2 amide bonds. The standard InChI is InChI=1S/C24H22N7O4/c1-4-35-17-7-5-16(6-8-17)31-28-20-11-14(2)19(12-21(20)29-31)26-27-22-15(3)18(13-25)23(33)30(9-10-32)24(22)34/h5-8,11-12,32H,4,9-10H2,1-3H3/q+1. The number of nitriles is 1. The molecule has 1 aromatic carbocycles. The van der Waals surface area contributed by atoms with Crippen LogP contribution < -0.4 is 4.74 Å². The molecule has 0 unspecified atom stereocenters. The van der Waals surface area contributed by atoms with Gasteiger partial charge in [0.25, 0.3) is 17.5 Å². The Morgan fingerprint density at radius 3 is 2.54 bits per heavy atom. The Morgan fingerprint density at radius 1 is 1.14 bits per heavy atom. The number of aliphatic hydroxyl groups excluding tert-OH is 1. The average Bonchev–Trinajstić information content (AvgIpc) is 3.25. The maximum atomic E-state index is 12.8. The van der Waals surface area contributed by atoms with Crippen LogP contribution in [-0.4, -0.2) is 63.5 Å². The van der Waals surface area contributed by atoms with E-state index < -0.39 is 18.4 Å². The van der Waals surface area contributed by atoms with Gasteiger partial charge in [-0.3, -0.25) is 14.5 Å². The van der Waals surface area contributed by atoms with E-state index in [1.807, 2.05) is 44.2 Å². The topological polar surface area (TPSA) is 143 Å². The predicted molar refractivity (Wildman–Crippen MR) is 126 cm³/mol. The molecule has 0 saturated carbocycles. The summed E-state index contributed by atoms with van der Waals surface area (Å²) in [6.45, 7) is 5.11. The van der Waals surface area contributed by atoms with Gasteiger partial charge in [0.2, 0.25) is 0 Å². The summed E-state index contributed by atoms with van der Waals surface area (Å²) >= 11 is 0. The summed E-state index contributed by atoms with van der Waals surface area (Å²) in [4.78, 5) is 27.4. The van der Waals surface area contributed by atoms with Crippen molar-refractivity contribution < 1.29 is 24.2 Å². The Balaban J connectivity index is 1.67. The Hall–Kier alpha value is -4.56. The first-order valence-corrected chi connectivity index (χ1v) is 10.9. The maximum absolute atomic E-state index is 12.8. The zero-order chi connectivity index (χ0) is 25.1. The lowest BCUT2D eigenvalue weighted by atomic mass is 9.99. The summed E-state index contributed by atoms with van der Waals surface area (Å²) in [5, 5.41) is 35.9. The molecule has 0 saturated heterocycles. The van der Waals surface area contributed by atoms with E-state index in [1.165, 1.54) is 11.7 Å². The second-order valence-corrected chi connectivity index (χ2v) is 7.69. The number of azo groups is 1. The van der Waals surface area contributed by atoms with Gasteiger partial charge in [-0.1, -0.05) is 0 Å². The summed E-state index contributed by atoms with van der Waals surface area (Å²) in [5.41, 5.74) is 2.97. The van der Waals surface area contributed by atoms with Crippen LogP contribution in [0.4, 0.5) is 5.69 Å². The lowest BCUT2D eigenvalue weighted by Gasteiger charge is -2.25. The van der Waals surface area contributed by atoms with Crippen molar-refractivity contribution in [2.75, 3.05) is 19.8 Å². The highest BCUT2D eigenvalue weighted by Gasteiger charge is 2.36. The maximum Gasteiger partial charge on any atom is 0.281 e. The zero-order valence-corrected chi connectivity index (χ0v) is 19.4. The number of imide groups is 1. The molecule has 0 bridgehead atoms. The molecule has 0 spiro atoms. The first-order valence-electron chi connectivity index (χ1n) is 10.9. The normalized spacial score (nSPS) is 19.9. The van der Waals surface area contributed by atoms with Crippen LogP contribution in [0, 0.1) is 11.3 Å². The summed E-state index contributed by atoms with van der Waals surface area (Å²) < 4.78 is 5.47. The van der Waals surface area contributed by atoms with Crippen molar-refractivity contribution in [1.29, 1.82) is 5.26 Å². The number of amides is 2. The first kappa shape index (κ1) is 23.6. The minimum Gasteiger partial charge on any atom is -0.494 e. The molecule has 2 heterocycles. The molecule has 1 aliphatic carbocycles. The van der Waals surface area contributed by atoms with Crippen molar-refractivity contribution in [3.63, 3.8) is 0 Å².